The maximum absolute atomic E-state index is 14.7. The van der Waals surface area contributed by atoms with Crippen LogP contribution in [0.1, 0.15) is 75.1 Å². The lowest BCUT2D eigenvalue weighted by atomic mass is 10.0. The third kappa shape index (κ3) is 18.9. The number of hydrogen-bond acceptors (Lipinski definition) is 11. The van der Waals surface area contributed by atoms with Crippen molar-refractivity contribution >= 4 is 70.1 Å². The highest BCUT2D eigenvalue weighted by Gasteiger charge is 2.34. The number of carbonyl (C=O) groups excluding carboxylic acids is 8. The van der Waals surface area contributed by atoms with Crippen LogP contribution in [0, 0.1) is 0 Å². The summed E-state index contributed by atoms with van der Waals surface area (Å²) in [6.07, 6.45) is 5.67. The largest absolute Gasteiger partial charge is 0.370 e. The number of aliphatic imine (C=N–C) groups is 2. The topological polar surface area (TPSA) is 406 Å². The van der Waals surface area contributed by atoms with Crippen molar-refractivity contribution in [3.05, 3.63) is 90.1 Å². The summed E-state index contributed by atoms with van der Waals surface area (Å²) in [5.41, 5.74) is 24.7. The molecule has 0 radical (unpaired) electrons. The summed E-state index contributed by atoms with van der Waals surface area (Å²) < 4.78 is 0. The number of aromatic amines is 2. The molecule has 0 saturated carbocycles. The predicted molar refractivity (Wildman–Crippen MR) is 276 cm³/mol. The molecule has 5 rings (SSSR count). The summed E-state index contributed by atoms with van der Waals surface area (Å²) in [6, 6.07) is 8.65. The van der Waals surface area contributed by atoms with Gasteiger partial charge in [-0.2, -0.15) is 0 Å². The molecule has 1 aliphatic heterocycles. The van der Waals surface area contributed by atoms with Crippen LogP contribution in [0.5, 0.6) is 0 Å². The number of fused-ring (bicyclic) bond motifs is 1. The van der Waals surface area contributed by atoms with E-state index >= 15 is 0 Å². The zero-order valence-electron chi connectivity index (χ0n) is 41.4. The van der Waals surface area contributed by atoms with Crippen LogP contribution in [0.25, 0.3) is 10.9 Å². The second-order valence-electron chi connectivity index (χ2n) is 17.9. The lowest BCUT2D eigenvalue weighted by molar-refractivity contribution is -0.135. The van der Waals surface area contributed by atoms with Gasteiger partial charge in [0, 0.05) is 87.8 Å². The SMILES string of the molecule is CC(=O)N[C@@H](CCCN=C(N)N)C(=O)N[C@H]1CCNC(=O)CCCCNC(=O)[C@H](Cc2c[nH]c3ccccc23)NC(=O)[C@H](CCCN=C(N)N)NC(=O)[C@@H](Cc2ccccc2)NC(=O)[C@H](Cc2cnc[nH]2)NC1=O. The number of guanidine groups is 2. The summed E-state index contributed by atoms with van der Waals surface area (Å²) in [7, 11) is 0. The number of nitrogens with two attached hydrogens (primary N) is 4. The van der Waals surface area contributed by atoms with E-state index in [9.17, 15) is 38.4 Å². The first kappa shape index (κ1) is 56.4. The number of carbonyl (C=O) groups is 8. The maximum atomic E-state index is 14.7. The van der Waals surface area contributed by atoms with E-state index in [2.05, 4.69) is 67.5 Å². The van der Waals surface area contributed by atoms with Gasteiger partial charge >= 0.3 is 0 Å². The van der Waals surface area contributed by atoms with E-state index in [1.807, 2.05) is 24.3 Å². The second-order valence-corrected chi connectivity index (χ2v) is 17.9. The van der Waals surface area contributed by atoms with Gasteiger partial charge in [0.25, 0.3) is 0 Å². The minimum absolute atomic E-state index is 0.00845. The number of nitrogens with zero attached hydrogens (tertiary/aromatic N) is 3. The molecule has 2 aromatic carbocycles. The Morgan fingerprint density at radius 3 is 2.03 bits per heavy atom. The molecule has 6 atom stereocenters. The lowest BCUT2D eigenvalue weighted by Gasteiger charge is -2.28. The number of nitrogens with one attached hydrogen (secondary N) is 10. The zero-order valence-corrected chi connectivity index (χ0v) is 41.4. The maximum Gasteiger partial charge on any atom is 0.243 e. The summed E-state index contributed by atoms with van der Waals surface area (Å²) in [6.45, 7) is 1.55. The smallest absolute Gasteiger partial charge is 0.243 e. The van der Waals surface area contributed by atoms with Gasteiger partial charge in [0.15, 0.2) is 11.9 Å². The van der Waals surface area contributed by atoms with Crippen LogP contribution in [0.15, 0.2) is 83.3 Å². The molecule has 1 aliphatic rings. The molecular formula is C49H69N17O8. The number of amides is 8. The first-order valence-electron chi connectivity index (χ1n) is 24.6. The Labute approximate surface area is 427 Å². The summed E-state index contributed by atoms with van der Waals surface area (Å²) in [5, 5.41) is 23.0. The Hall–Kier alpha value is -8.51. The molecular weight excluding hydrogens is 955 g/mol. The van der Waals surface area contributed by atoms with E-state index in [0.29, 0.717) is 24.1 Å². The normalized spacial score (nSPS) is 20.3. The molecule has 0 spiro atoms. The van der Waals surface area contributed by atoms with Crippen molar-refractivity contribution in [1.29, 1.82) is 0 Å². The molecule has 4 aromatic rings. The molecule has 0 unspecified atom stereocenters. The van der Waals surface area contributed by atoms with Crippen molar-refractivity contribution in [2.24, 2.45) is 32.9 Å². The quantitative estimate of drug-likeness (QED) is 0.0303. The number of H-pyrrole nitrogens is 2. The lowest BCUT2D eigenvalue weighted by Crippen LogP contribution is -2.60. The van der Waals surface area contributed by atoms with Crippen molar-refractivity contribution in [2.75, 3.05) is 26.2 Å². The van der Waals surface area contributed by atoms with Gasteiger partial charge in [-0.15, -0.1) is 0 Å². The zero-order chi connectivity index (χ0) is 53.4. The molecule has 0 aliphatic carbocycles. The Balaban J connectivity index is 1.50. The van der Waals surface area contributed by atoms with E-state index in [-0.39, 0.29) is 102 Å². The van der Waals surface area contributed by atoms with Crippen LogP contribution in [-0.4, -0.2) is 137 Å². The van der Waals surface area contributed by atoms with E-state index in [0.717, 1.165) is 16.5 Å². The highest BCUT2D eigenvalue weighted by atomic mass is 16.2. The fraction of sp³-hybridized carbons (Fsp3) is 0.449. The number of aromatic nitrogens is 3. The number of rotatable bonds is 17. The van der Waals surface area contributed by atoms with Gasteiger partial charge in [-0.3, -0.25) is 48.3 Å². The van der Waals surface area contributed by atoms with Gasteiger partial charge < -0.3 is 75.4 Å². The van der Waals surface area contributed by atoms with Crippen molar-refractivity contribution in [1.82, 2.24) is 57.5 Å². The molecule has 1 fully saturated rings. The molecule has 8 amide bonds. The van der Waals surface area contributed by atoms with Crippen molar-refractivity contribution < 1.29 is 38.4 Å². The summed E-state index contributed by atoms with van der Waals surface area (Å²) >= 11 is 0. The van der Waals surface area contributed by atoms with Crippen LogP contribution < -0.4 is 65.5 Å². The Morgan fingerprint density at radius 1 is 0.703 bits per heavy atom. The van der Waals surface area contributed by atoms with Gasteiger partial charge in [0.2, 0.25) is 47.3 Å². The first-order valence-corrected chi connectivity index (χ1v) is 24.6. The monoisotopic (exact) mass is 1020 g/mol. The fourth-order valence-corrected chi connectivity index (χ4v) is 8.22. The van der Waals surface area contributed by atoms with Gasteiger partial charge in [0.1, 0.15) is 36.3 Å². The van der Waals surface area contributed by atoms with Crippen LogP contribution in [0.4, 0.5) is 0 Å². The van der Waals surface area contributed by atoms with Crippen molar-refractivity contribution in [3.8, 4) is 0 Å². The number of hydrogen-bond donors (Lipinski definition) is 14. The highest BCUT2D eigenvalue weighted by Crippen LogP contribution is 2.20. The molecule has 25 nitrogen and oxygen atoms in total. The second kappa shape index (κ2) is 29.1. The molecule has 18 N–H and O–H groups in total. The van der Waals surface area contributed by atoms with Gasteiger partial charge in [-0.05, 0) is 62.1 Å². The predicted octanol–water partition coefficient (Wildman–Crippen LogP) is -2.24. The molecule has 25 heteroatoms. The summed E-state index contributed by atoms with van der Waals surface area (Å²) in [5.74, 6) is -5.56. The fourth-order valence-electron chi connectivity index (χ4n) is 8.22. The molecule has 0 bridgehead atoms. The molecule has 2 aromatic heterocycles. The Kier molecular flexibility index (Phi) is 22.2. The van der Waals surface area contributed by atoms with Crippen molar-refractivity contribution in [2.45, 2.75) is 114 Å². The number of para-hydroxylation sites is 1. The van der Waals surface area contributed by atoms with Crippen molar-refractivity contribution in [3.63, 3.8) is 0 Å². The molecule has 398 valence electrons. The van der Waals surface area contributed by atoms with Crippen LogP contribution in [0.3, 0.4) is 0 Å². The van der Waals surface area contributed by atoms with Crippen LogP contribution in [-0.2, 0) is 57.6 Å². The number of benzene rings is 2. The molecule has 1 saturated heterocycles. The van der Waals surface area contributed by atoms with Crippen LogP contribution in [0.2, 0.25) is 0 Å². The standard InChI is InChI=1S/C49H69N17O8/c1-29(67)61-35(15-9-20-57-48(50)51)43(70)63-37-18-22-55-41(68)17-7-8-19-56-42(69)39(24-31-26-59-34-14-6-5-13-33(31)34)65-44(71)36(16-10-21-58-49(52)53)62-46(73)38(23-30-11-3-2-4-12-30)64-47(74)40(66-45(37)72)25-32-27-54-28-60-32/h2-6,11-14,26-28,35-40,59H,7-10,15-25H2,1H3,(H,54,60)(H,55,68)(H,56,69)(H,61,67)(H,62,73)(H,63,70)(H,64,74)(H,65,71)(H,66,72)(H4,50,51,57)(H4,52,53,58)/t35-,36-,37-,38+,39-,40-/m0/s1. The van der Waals surface area contributed by atoms with Gasteiger partial charge in [-0.1, -0.05) is 48.5 Å². The Morgan fingerprint density at radius 2 is 1.34 bits per heavy atom. The third-order valence-electron chi connectivity index (χ3n) is 12.0. The van der Waals surface area contributed by atoms with Gasteiger partial charge in [-0.25, -0.2) is 4.98 Å². The van der Waals surface area contributed by atoms with Crippen LogP contribution >= 0.6 is 0 Å². The minimum Gasteiger partial charge on any atom is -0.370 e. The van der Waals surface area contributed by atoms with E-state index in [1.54, 1.807) is 36.5 Å². The van der Waals surface area contributed by atoms with E-state index in [1.165, 1.54) is 19.4 Å². The Bertz CT molecular complexity index is 2580. The van der Waals surface area contributed by atoms with Gasteiger partial charge in [0.05, 0.1) is 6.33 Å². The summed E-state index contributed by atoms with van der Waals surface area (Å²) in [4.78, 5) is 130. The molecule has 3 heterocycles. The minimum atomic E-state index is -1.40. The first-order chi connectivity index (χ1) is 35.6. The number of imidazole rings is 1. The average Bonchev–Trinajstić information content (AvgIpc) is 4.04. The van der Waals surface area contributed by atoms with E-state index < -0.39 is 77.6 Å². The average molecular weight is 1020 g/mol. The molecule has 74 heavy (non-hydrogen) atoms. The third-order valence-corrected chi connectivity index (χ3v) is 12.0. The van der Waals surface area contributed by atoms with E-state index in [4.69, 9.17) is 22.9 Å². The highest BCUT2D eigenvalue weighted by molar-refractivity contribution is 5.97.